The van der Waals surface area contributed by atoms with Crippen molar-refractivity contribution in [3.05, 3.63) is 53.4 Å². The number of carbonyl (C=O) groups excluding carboxylic acids is 1. The Kier molecular flexibility index (Phi) is 4.88. The molecule has 0 bridgehead atoms. The lowest BCUT2D eigenvalue weighted by Crippen LogP contribution is -2.66. The predicted molar refractivity (Wildman–Crippen MR) is 98.1 cm³/mol. The zero-order valence-corrected chi connectivity index (χ0v) is 15.7. The van der Waals surface area contributed by atoms with Gasteiger partial charge in [0, 0.05) is 24.4 Å². The summed E-state index contributed by atoms with van der Waals surface area (Å²) in [6.45, 7) is 6.81. The molecule has 2 aliphatic heterocycles. The van der Waals surface area contributed by atoms with E-state index in [9.17, 15) is 4.79 Å². The van der Waals surface area contributed by atoms with Crippen molar-refractivity contribution in [2.75, 3.05) is 26.3 Å². The van der Waals surface area contributed by atoms with Crippen LogP contribution in [0.15, 0.2) is 30.6 Å². The lowest BCUT2D eigenvalue weighted by atomic mass is 9.81. The zero-order chi connectivity index (χ0) is 18.9. The number of ether oxygens (including phenoxy) is 2. The molecule has 0 saturated carbocycles. The molecule has 2 saturated heterocycles. The van der Waals surface area contributed by atoms with Crippen LogP contribution in [-0.4, -0.2) is 57.7 Å². The van der Waals surface area contributed by atoms with E-state index < -0.39 is 0 Å². The van der Waals surface area contributed by atoms with Crippen LogP contribution in [-0.2, 0) is 16.1 Å². The van der Waals surface area contributed by atoms with Gasteiger partial charge in [0.2, 0.25) is 0 Å². The number of hydrogen-bond donors (Lipinski definition) is 0. The quantitative estimate of drug-likeness (QED) is 0.803. The maximum absolute atomic E-state index is 12.5. The highest BCUT2D eigenvalue weighted by atomic mass is 16.5. The lowest BCUT2D eigenvalue weighted by Gasteiger charge is -2.49. The van der Waals surface area contributed by atoms with Gasteiger partial charge in [-0.2, -0.15) is 0 Å². The van der Waals surface area contributed by atoms with Crippen molar-refractivity contribution in [1.29, 1.82) is 0 Å². The Morgan fingerprint density at radius 3 is 2.85 bits per heavy atom. The fourth-order valence-corrected chi connectivity index (χ4v) is 3.76. The van der Waals surface area contributed by atoms with Crippen molar-refractivity contribution in [2.24, 2.45) is 5.92 Å². The van der Waals surface area contributed by atoms with Crippen LogP contribution in [0.25, 0.3) is 0 Å². The molecule has 1 amide bonds. The Hall–Kier alpha value is -2.38. The van der Waals surface area contributed by atoms with Gasteiger partial charge in [-0.05, 0) is 32.4 Å². The maximum atomic E-state index is 12.5. The molecular formula is C20H24N4O3. The molecule has 7 heteroatoms. The third-order valence-electron chi connectivity index (χ3n) is 5.32. The highest BCUT2D eigenvalue weighted by Crippen LogP contribution is 2.40. The fourth-order valence-electron chi connectivity index (χ4n) is 3.76. The number of hydrogen-bond acceptors (Lipinski definition) is 6. The molecule has 2 aliphatic rings. The van der Waals surface area contributed by atoms with Gasteiger partial charge >= 0.3 is 0 Å². The normalized spacial score (nSPS) is 20.7. The van der Waals surface area contributed by atoms with Crippen LogP contribution in [0.4, 0.5) is 0 Å². The van der Waals surface area contributed by atoms with Crippen molar-refractivity contribution in [2.45, 2.75) is 32.5 Å². The van der Waals surface area contributed by atoms with E-state index in [-0.39, 0.29) is 17.4 Å². The fraction of sp³-hybridized carbons (Fsp3) is 0.500. The van der Waals surface area contributed by atoms with Crippen molar-refractivity contribution in [1.82, 2.24) is 19.9 Å². The van der Waals surface area contributed by atoms with Gasteiger partial charge < -0.3 is 14.4 Å². The number of pyridine rings is 1. The summed E-state index contributed by atoms with van der Waals surface area (Å²) in [7, 11) is 0. The van der Waals surface area contributed by atoms with Crippen molar-refractivity contribution >= 4 is 5.91 Å². The van der Waals surface area contributed by atoms with Crippen LogP contribution < -0.4 is 0 Å². The Balaban J connectivity index is 1.31. The molecule has 0 aliphatic carbocycles. The van der Waals surface area contributed by atoms with Gasteiger partial charge in [-0.25, -0.2) is 4.98 Å². The molecule has 0 aromatic carbocycles. The van der Waals surface area contributed by atoms with Crippen LogP contribution >= 0.6 is 0 Å². The van der Waals surface area contributed by atoms with Crippen LogP contribution in [0, 0.1) is 19.8 Å². The number of aromatic nitrogens is 3. The molecule has 1 unspecified atom stereocenters. The molecular weight excluding hydrogens is 344 g/mol. The Morgan fingerprint density at radius 1 is 1.26 bits per heavy atom. The first kappa shape index (κ1) is 18.0. The average Bonchev–Trinajstić information content (AvgIpc) is 3.05. The number of amides is 1. The average molecular weight is 368 g/mol. The van der Waals surface area contributed by atoms with Crippen molar-refractivity contribution in [3.8, 4) is 0 Å². The lowest BCUT2D eigenvalue weighted by molar-refractivity contribution is -0.129. The molecule has 2 aromatic rings. The second-order valence-electron chi connectivity index (χ2n) is 7.39. The zero-order valence-electron chi connectivity index (χ0n) is 15.7. The van der Waals surface area contributed by atoms with Crippen molar-refractivity contribution in [3.63, 3.8) is 0 Å². The molecule has 1 atom stereocenters. The molecule has 4 rings (SSSR count). The predicted octanol–water partition coefficient (Wildman–Crippen LogP) is 1.94. The highest BCUT2D eigenvalue weighted by molar-refractivity contribution is 5.92. The Bertz CT molecular complexity index is 818. The van der Waals surface area contributed by atoms with Gasteiger partial charge in [-0.3, -0.25) is 14.8 Å². The third-order valence-corrected chi connectivity index (χ3v) is 5.32. The maximum Gasteiger partial charge on any atom is 0.274 e. The first-order valence-corrected chi connectivity index (χ1v) is 9.28. The molecule has 1 spiro atoms. The number of likely N-dealkylation sites (tertiary alicyclic amines) is 1. The molecule has 7 nitrogen and oxygen atoms in total. The molecule has 2 fully saturated rings. The summed E-state index contributed by atoms with van der Waals surface area (Å²) < 4.78 is 11.9. The largest absolute Gasteiger partial charge is 0.375 e. The van der Waals surface area contributed by atoms with E-state index in [1.807, 2.05) is 32.0 Å². The monoisotopic (exact) mass is 368 g/mol. The highest BCUT2D eigenvalue weighted by Gasteiger charge is 2.54. The summed E-state index contributed by atoms with van der Waals surface area (Å²) >= 11 is 0. The molecule has 27 heavy (non-hydrogen) atoms. The van der Waals surface area contributed by atoms with E-state index in [1.165, 1.54) is 6.20 Å². The molecule has 0 radical (unpaired) electrons. The summed E-state index contributed by atoms with van der Waals surface area (Å²) in [6, 6.07) is 5.94. The van der Waals surface area contributed by atoms with Gasteiger partial charge in [0.15, 0.2) is 0 Å². The SMILES string of the molecule is Cc1cnc(C(=O)N2CC3(C2)OCCC3COCc2cccc(C)n2)cn1. The minimum absolute atomic E-state index is 0.0905. The first-order chi connectivity index (χ1) is 13.1. The van der Waals surface area contributed by atoms with E-state index in [2.05, 4.69) is 15.0 Å². The number of aryl methyl sites for hydroxylation is 2. The van der Waals surface area contributed by atoms with Crippen LogP contribution in [0.5, 0.6) is 0 Å². The summed E-state index contributed by atoms with van der Waals surface area (Å²) in [5, 5.41) is 0. The second kappa shape index (κ2) is 7.32. The molecule has 142 valence electrons. The second-order valence-corrected chi connectivity index (χ2v) is 7.39. The Labute approximate surface area is 158 Å². The minimum Gasteiger partial charge on any atom is -0.375 e. The summed E-state index contributed by atoms with van der Waals surface area (Å²) in [4.78, 5) is 27.1. The van der Waals surface area contributed by atoms with Crippen molar-refractivity contribution < 1.29 is 14.3 Å². The van der Waals surface area contributed by atoms with Crippen LogP contribution in [0.3, 0.4) is 0 Å². The van der Waals surface area contributed by atoms with E-state index >= 15 is 0 Å². The minimum atomic E-state index is -0.284. The van der Waals surface area contributed by atoms with Crippen LogP contribution in [0.1, 0.15) is 34.0 Å². The number of nitrogens with zero attached hydrogens (tertiary/aromatic N) is 4. The molecule has 2 aromatic heterocycles. The summed E-state index contributed by atoms with van der Waals surface area (Å²) in [5.74, 6) is 0.197. The summed E-state index contributed by atoms with van der Waals surface area (Å²) in [5.41, 5.74) is 2.82. The number of carbonyl (C=O) groups is 1. The van der Waals surface area contributed by atoms with E-state index in [0.717, 1.165) is 23.5 Å². The van der Waals surface area contributed by atoms with E-state index in [4.69, 9.17) is 9.47 Å². The van der Waals surface area contributed by atoms with Gasteiger partial charge in [0.25, 0.3) is 5.91 Å². The Morgan fingerprint density at radius 2 is 2.11 bits per heavy atom. The molecule has 0 N–H and O–H groups in total. The molecule has 4 heterocycles. The van der Waals surface area contributed by atoms with Gasteiger partial charge in [-0.15, -0.1) is 0 Å². The third kappa shape index (κ3) is 3.70. The van der Waals surface area contributed by atoms with E-state index in [0.29, 0.717) is 38.6 Å². The summed E-state index contributed by atoms with van der Waals surface area (Å²) in [6.07, 6.45) is 4.10. The smallest absolute Gasteiger partial charge is 0.274 e. The van der Waals surface area contributed by atoms with Gasteiger partial charge in [-0.1, -0.05) is 6.07 Å². The topological polar surface area (TPSA) is 77.4 Å². The van der Waals surface area contributed by atoms with E-state index in [1.54, 1.807) is 11.1 Å². The first-order valence-electron chi connectivity index (χ1n) is 9.28. The number of rotatable bonds is 5. The standard InChI is InChI=1S/C20H24N4O3/c1-14-4-3-5-17(23-14)11-26-10-16-6-7-27-20(16)12-24(13-20)19(25)18-9-21-15(2)8-22-18/h3-5,8-9,16H,6-7,10-13H2,1-2H3. The van der Waals surface area contributed by atoms with Gasteiger partial charge in [0.1, 0.15) is 11.3 Å². The van der Waals surface area contributed by atoms with Crippen LogP contribution in [0.2, 0.25) is 0 Å². The van der Waals surface area contributed by atoms with Gasteiger partial charge in [0.05, 0.1) is 43.9 Å².